The van der Waals surface area contributed by atoms with Crippen LogP contribution >= 0.6 is 24.0 Å². The second-order valence-corrected chi connectivity index (χ2v) is 9.47. The van der Waals surface area contributed by atoms with Crippen LogP contribution in [0, 0.1) is 0 Å². The molecule has 2 saturated heterocycles. The molecular formula is C20H31IN4O2S. The van der Waals surface area contributed by atoms with Crippen molar-refractivity contribution in [1.29, 1.82) is 0 Å². The lowest BCUT2D eigenvalue weighted by molar-refractivity contribution is 0.296. The van der Waals surface area contributed by atoms with E-state index in [2.05, 4.69) is 50.5 Å². The first-order valence-corrected chi connectivity index (χ1v) is 11.5. The lowest BCUT2D eigenvalue weighted by Crippen LogP contribution is -2.48. The summed E-state index contributed by atoms with van der Waals surface area (Å²) in [5, 5.41) is 3.44. The molecule has 0 saturated carbocycles. The first kappa shape index (κ1) is 23.2. The normalized spacial score (nSPS) is 20.4. The van der Waals surface area contributed by atoms with Crippen LogP contribution in [-0.2, 0) is 9.84 Å². The Balaban J connectivity index is 0.00000280. The molecular weight excluding hydrogens is 487 g/mol. The Morgan fingerprint density at radius 2 is 1.75 bits per heavy atom. The molecule has 0 atom stereocenters. The van der Waals surface area contributed by atoms with E-state index in [0.29, 0.717) is 13.1 Å². The van der Waals surface area contributed by atoms with Gasteiger partial charge in [0.25, 0.3) is 0 Å². The minimum absolute atomic E-state index is 0. The Bertz CT molecular complexity index is 757. The van der Waals surface area contributed by atoms with Crippen LogP contribution in [0.3, 0.4) is 0 Å². The molecule has 1 aromatic carbocycles. The van der Waals surface area contributed by atoms with Crippen molar-refractivity contribution < 1.29 is 8.42 Å². The van der Waals surface area contributed by atoms with E-state index in [1.807, 2.05) is 13.1 Å². The van der Waals surface area contributed by atoms with E-state index in [1.54, 1.807) is 0 Å². The molecule has 0 spiro atoms. The molecule has 3 rings (SSSR count). The van der Waals surface area contributed by atoms with Gasteiger partial charge in [0.1, 0.15) is 0 Å². The van der Waals surface area contributed by atoms with Crippen molar-refractivity contribution in [2.45, 2.75) is 12.8 Å². The monoisotopic (exact) mass is 518 g/mol. The molecule has 2 fully saturated rings. The zero-order valence-electron chi connectivity index (χ0n) is 16.5. The van der Waals surface area contributed by atoms with Gasteiger partial charge in [0.15, 0.2) is 15.8 Å². The highest BCUT2D eigenvalue weighted by Crippen LogP contribution is 2.19. The number of halogens is 1. The van der Waals surface area contributed by atoms with Crippen LogP contribution in [0.2, 0.25) is 0 Å². The summed E-state index contributed by atoms with van der Waals surface area (Å²) in [6.45, 7) is 4.86. The van der Waals surface area contributed by atoms with Gasteiger partial charge in [-0.3, -0.25) is 9.89 Å². The van der Waals surface area contributed by atoms with Gasteiger partial charge in [-0.25, -0.2) is 8.42 Å². The lowest BCUT2D eigenvalue weighted by atomic mass is 10.0. The molecule has 0 unspecified atom stereocenters. The zero-order valence-corrected chi connectivity index (χ0v) is 19.7. The molecule has 156 valence electrons. The minimum Gasteiger partial charge on any atom is -0.355 e. The highest BCUT2D eigenvalue weighted by atomic mass is 127. The number of piperidine rings is 1. The Labute approximate surface area is 186 Å². The molecule has 0 aliphatic carbocycles. The fourth-order valence-corrected chi connectivity index (χ4v) is 4.84. The van der Waals surface area contributed by atoms with Crippen LogP contribution in [-0.4, -0.2) is 82.0 Å². The maximum atomic E-state index is 11.5. The second kappa shape index (κ2) is 11.2. The summed E-state index contributed by atoms with van der Waals surface area (Å²) in [6.07, 6.45) is 4.41. The number of hydrogen-bond donors (Lipinski definition) is 1. The van der Waals surface area contributed by atoms with E-state index in [9.17, 15) is 8.42 Å². The number of nitrogens with zero attached hydrogens (tertiary/aromatic N) is 3. The third-order valence-electron chi connectivity index (χ3n) is 5.24. The molecule has 8 heteroatoms. The van der Waals surface area contributed by atoms with Crippen molar-refractivity contribution in [3.63, 3.8) is 0 Å². The lowest BCUT2D eigenvalue weighted by Gasteiger charge is -2.32. The molecule has 2 heterocycles. The molecule has 28 heavy (non-hydrogen) atoms. The largest absolute Gasteiger partial charge is 0.355 e. The Kier molecular flexibility index (Phi) is 9.23. The van der Waals surface area contributed by atoms with Crippen molar-refractivity contribution >= 4 is 45.8 Å². The second-order valence-electron chi connectivity index (χ2n) is 7.17. The maximum absolute atomic E-state index is 11.5. The molecule has 0 radical (unpaired) electrons. The molecule has 0 amide bonds. The molecule has 2 aliphatic rings. The number of likely N-dealkylation sites (tertiary alicyclic amines) is 1. The van der Waals surface area contributed by atoms with Gasteiger partial charge in [-0.1, -0.05) is 42.0 Å². The van der Waals surface area contributed by atoms with E-state index in [4.69, 9.17) is 0 Å². The molecule has 0 bridgehead atoms. The first-order chi connectivity index (χ1) is 13.1. The molecule has 1 aromatic rings. The number of rotatable bonds is 4. The third kappa shape index (κ3) is 7.04. The predicted molar refractivity (Wildman–Crippen MR) is 127 cm³/mol. The zero-order chi connectivity index (χ0) is 19.1. The highest BCUT2D eigenvalue weighted by Gasteiger charge is 2.21. The predicted octanol–water partition coefficient (Wildman–Crippen LogP) is 2.09. The van der Waals surface area contributed by atoms with Crippen LogP contribution in [0.5, 0.6) is 0 Å². The van der Waals surface area contributed by atoms with Gasteiger partial charge in [0.05, 0.1) is 11.5 Å². The summed E-state index contributed by atoms with van der Waals surface area (Å²) >= 11 is 0. The third-order valence-corrected chi connectivity index (χ3v) is 6.84. The van der Waals surface area contributed by atoms with E-state index in [-0.39, 0.29) is 35.5 Å². The first-order valence-electron chi connectivity index (χ1n) is 9.68. The molecule has 6 nitrogen and oxygen atoms in total. The van der Waals surface area contributed by atoms with E-state index in [1.165, 1.54) is 11.1 Å². The van der Waals surface area contributed by atoms with E-state index < -0.39 is 9.84 Å². The number of nitrogens with one attached hydrogen (secondary N) is 1. The number of hydrogen-bond acceptors (Lipinski definition) is 4. The Hall–Kier alpha value is -1.13. The summed E-state index contributed by atoms with van der Waals surface area (Å²) < 4.78 is 23.0. The van der Waals surface area contributed by atoms with Crippen LogP contribution < -0.4 is 5.32 Å². The quantitative estimate of drug-likeness (QED) is 0.376. The van der Waals surface area contributed by atoms with Crippen molar-refractivity contribution in [3.8, 4) is 0 Å². The van der Waals surface area contributed by atoms with Crippen LogP contribution in [0.15, 0.2) is 40.9 Å². The van der Waals surface area contributed by atoms with Crippen LogP contribution in [0.1, 0.15) is 18.4 Å². The standard InChI is InChI=1S/C20H30N4O2S.HI/c1-21-20(22-9-12-23-13-15-27(25,26)16-14-23)24-10-7-19(8-11-24)17-18-5-3-2-4-6-18;/h2-6,17H,7-16H2,1H3,(H,21,22);1H. The summed E-state index contributed by atoms with van der Waals surface area (Å²) in [5.74, 6) is 1.51. The van der Waals surface area contributed by atoms with Gasteiger partial charge in [0.2, 0.25) is 0 Å². The number of aliphatic imine (C=N–C) groups is 1. The number of guanidine groups is 1. The summed E-state index contributed by atoms with van der Waals surface area (Å²) in [6, 6.07) is 10.5. The van der Waals surface area contributed by atoms with Gasteiger partial charge >= 0.3 is 0 Å². The Morgan fingerprint density at radius 1 is 1.11 bits per heavy atom. The topological polar surface area (TPSA) is 65.0 Å². The van der Waals surface area contributed by atoms with Crippen molar-refractivity contribution in [3.05, 3.63) is 41.5 Å². The van der Waals surface area contributed by atoms with E-state index >= 15 is 0 Å². The number of benzene rings is 1. The minimum atomic E-state index is -2.81. The van der Waals surface area contributed by atoms with Crippen molar-refractivity contribution in [2.24, 2.45) is 4.99 Å². The SMILES string of the molecule is CN=C(NCCN1CCS(=O)(=O)CC1)N1CCC(=Cc2ccccc2)CC1.I. The van der Waals surface area contributed by atoms with Crippen LogP contribution in [0.25, 0.3) is 6.08 Å². The van der Waals surface area contributed by atoms with Crippen molar-refractivity contribution in [2.75, 3.05) is 57.8 Å². The maximum Gasteiger partial charge on any atom is 0.193 e. The highest BCUT2D eigenvalue weighted by molar-refractivity contribution is 14.0. The summed E-state index contributed by atoms with van der Waals surface area (Å²) in [4.78, 5) is 8.94. The fraction of sp³-hybridized carbons (Fsp3) is 0.550. The van der Waals surface area contributed by atoms with Gasteiger partial charge in [-0.05, 0) is 18.4 Å². The van der Waals surface area contributed by atoms with Gasteiger partial charge < -0.3 is 10.2 Å². The van der Waals surface area contributed by atoms with Crippen molar-refractivity contribution in [1.82, 2.24) is 15.1 Å². The van der Waals surface area contributed by atoms with Gasteiger partial charge in [-0.15, -0.1) is 24.0 Å². The summed E-state index contributed by atoms with van der Waals surface area (Å²) in [7, 11) is -0.982. The molecule has 2 aliphatic heterocycles. The molecule has 1 N–H and O–H groups in total. The Morgan fingerprint density at radius 3 is 2.36 bits per heavy atom. The van der Waals surface area contributed by atoms with Crippen LogP contribution in [0.4, 0.5) is 0 Å². The molecule has 0 aromatic heterocycles. The van der Waals surface area contributed by atoms with E-state index in [0.717, 1.165) is 45.0 Å². The summed E-state index contributed by atoms with van der Waals surface area (Å²) in [5.41, 5.74) is 2.76. The fourth-order valence-electron chi connectivity index (χ4n) is 3.57. The average Bonchev–Trinajstić information content (AvgIpc) is 2.68. The smallest absolute Gasteiger partial charge is 0.193 e. The average molecular weight is 518 g/mol. The van der Waals surface area contributed by atoms with Gasteiger partial charge in [0, 0.05) is 46.3 Å². The van der Waals surface area contributed by atoms with Gasteiger partial charge in [-0.2, -0.15) is 0 Å². The number of sulfone groups is 1.